The summed E-state index contributed by atoms with van der Waals surface area (Å²) in [5.41, 5.74) is 6.94. The summed E-state index contributed by atoms with van der Waals surface area (Å²) < 4.78 is 0. The topological polar surface area (TPSA) is 168 Å². The quantitative estimate of drug-likeness (QED) is 0.219. The molecule has 4 N–H and O–H groups in total. The number of aromatic nitrogens is 2. The highest BCUT2D eigenvalue weighted by Crippen LogP contribution is 2.36. The van der Waals surface area contributed by atoms with Crippen molar-refractivity contribution in [3.63, 3.8) is 0 Å². The van der Waals surface area contributed by atoms with Crippen LogP contribution in [0.25, 0.3) is 22.4 Å². The smallest absolute Gasteiger partial charge is 0.425 e. The number of rotatable bonds is 6. The summed E-state index contributed by atoms with van der Waals surface area (Å²) in [6, 6.07) is 19.8. The Bertz CT molecular complexity index is 1520. The number of benzene rings is 3. The number of nitro groups is 1. The van der Waals surface area contributed by atoms with Crippen molar-refractivity contribution in [3.05, 3.63) is 105 Å². The molecule has 4 aromatic rings. The van der Waals surface area contributed by atoms with Gasteiger partial charge in [0.25, 0.3) is 17.5 Å². The summed E-state index contributed by atoms with van der Waals surface area (Å²) in [6.45, 7) is 0. The van der Waals surface area contributed by atoms with E-state index in [9.17, 15) is 29.6 Å². The van der Waals surface area contributed by atoms with Gasteiger partial charge in [-0.25, -0.2) is 10.2 Å². The van der Waals surface area contributed by atoms with E-state index in [1.807, 2.05) is 5.43 Å². The van der Waals surface area contributed by atoms with Crippen LogP contribution >= 0.6 is 11.6 Å². The fourth-order valence-corrected chi connectivity index (χ4v) is 3.71. The Morgan fingerprint density at radius 3 is 2.24 bits per heavy atom. The molecule has 0 aliphatic rings. The van der Waals surface area contributed by atoms with Crippen molar-refractivity contribution in [2.75, 3.05) is 5.43 Å². The number of hydrogen-bond acceptors (Lipinski definition) is 6. The van der Waals surface area contributed by atoms with E-state index in [2.05, 4.69) is 16.0 Å². The molecule has 13 heteroatoms. The third kappa shape index (κ3) is 5.55. The minimum absolute atomic E-state index is 0.0613. The summed E-state index contributed by atoms with van der Waals surface area (Å²) in [5, 5.41) is 25.4. The molecule has 1 aromatic heterocycles. The highest BCUT2D eigenvalue weighted by Gasteiger charge is 2.28. The standard InChI is InChI=1S/C24H17ClN6O6/c25-17-10-4-9-16(12-17)20-19(15-8-5-11-18(13-15)31(36)37)21(30(28-20)29-24(34)35)23(33)27-26-22(32)14-6-2-1-3-7-14/h1-13,29H,(H,26,32)(H,27,33)(H,34,35). The number of hydrogen-bond donors (Lipinski definition) is 4. The number of carbonyl (C=O) groups is 3. The van der Waals surface area contributed by atoms with Crippen molar-refractivity contribution in [1.29, 1.82) is 0 Å². The molecule has 0 aliphatic heterocycles. The average Bonchev–Trinajstić information content (AvgIpc) is 3.26. The lowest BCUT2D eigenvalue weighted by molar-refractivity contribution is -0.384. The number of non-ortho nitro benzene ring substituents is 1. The van der Waals surface area contributed by atoms with Gasteiger partial charge in [0.1, 0.15) is 5.69 Å². The van der Waals surface area contributed by atoms with Gasteiger partial charge in [0.05, 0.1) is 4.92 Å². The fourth-order valence-electron chi connectivity index (χ4n) is 3.52. The molecule has 12 nitrogen and oxygen atoms in total. The first-order valence-corrected chi connectivity index (χ1v) is 10.9. The Labute approximate surface area is 213 Å². The van der Waals surface area contributed by atoms with Gasteiger partial charge in [-0.3, -0.25) is 30.6 Å². The second kappa shape index (κ2) is 10.6. The van der Waals surface area contributed by atoms with Crippen molar-refractivity contribution in [3.8, 4) is 22.4 Å². The van der Waals surface area contributed by atoms with E-state index in [4.69, 9.17) is 11.6 Å². The summed E-state index contributed by atoms with van der Waals surface area (Å²) in [4.78, 5) is 48.8. The van der Waals surface area contributed by atoms with Crippen molar-refractivity contribution < 1.29 is 24.4 Å². The lowest BCUT2D eigenvalue weighted by Crippen LogP contribution is -2.43. The minimum Gasteiger partial charge on any atom is -0.464 e. The molecule has 37 heavy (non-hydrogen) atoms. The molecule has 0 saturated heterocycles. The van der Waals surface area contributed by atoms with Gasteiger partial charge in [-0.05, 0) is 29.8 Å². The van der Waals surface area contributed by atoms with Gasteiger partial charge in [-0.15, -0.1) is 0 Å². The van der Waals surface area contributed by atoms with Gasteiger partial charge in [0, 0.05) is 33.8 Å². The lowest BCUT2D eigenvalue weighted by Gasteiger charge is -2.11. The molecule has 186 valence electrons. The number of nitrogens with zero attached hydrogens (tertiary/aromatic N) is 3. The van der Waals surface area contributed by atoms with Gasteiger partial charge in [-0.2, -0.15) is 9.89 Å². The van der Waals surface area contributed by atoms with Gasteiger partial charge in [0.15, 0.2) is 5.69 Å². The molecule has 0 unspecified atom stereocenters. The molecule has 0 atom stereocenters. The highest BCUT2D eigenvalue weighted by atomic mass is 35.5. The maximum atomic E-state index is 13.3. The van der Waals surface area contributed by atoms with Crippen LogP contribution in [0.4, 0.5) is 10.5 Å². The van der Waals surface area contributed by atoms with E-state index in [1.165, 1.54) is 42.5 Å². The van der Waals surface area contributed by atoms with Crippen molar-refractivity contribution >= 4 is 35.2 Å². The molecule has 0 fully saturated rings. The second-order valence-corrected chi connectivity index (χ2v) is 7.93. The normalized spacial score (nSPS) is 10.4. The molecule has 0 bridgehead atoms. The van der Waals surface area contributed by atoms with E-state index in [0.717, 1.165) is 0 Å². The maximum absolute atomic E-state index is 13.3. The highest BCUT2D eigenvalue weighted by molar-refractivity contribution is 6.30. The monoisotopic (exact) mass is 520 g/mol. The molecule has 3 amide bonds. The van der Waals surface area contributed by atoms with Gasteiger partial charge < -0.3 is 5.11 Å². The minimum atomic E-state index is -1.53. The first-order chi connectivity index (χ1) is 17.7. The summed E-state index contributed by atoms with van der Waals surface area (Å²) in [5.74, 6) is -1.57. The fraction of sp³-hybridized carbons (Fsp3) is 0. The van der Waals surface area contributed by atoms with Crippen LogP contribution in [0.2, 0.25) is 5.02 Å². The number of hydrazine groups is 1. The van der Waals surface area contributed by atoms with Crippen molar-refractivity contribution in [2.24, 2.45) is 0 Å². The average molecular weight is 521 g/mol. The first kappa shape index (κ1) is 24.9. The Kier molecular flexibility index (Phi) is 7.11. The summed E-state index contributed by atoms with van der Waals surface area (Å²) in [7, 11) is 0. The van der Waals surface area contributed by atoms with E-state index < -0.39 is 22.8 Å². The van der Waals surface area contributed by atoms with E-state index in [0.29, 0.717) is 15.4 Å². The first-order valence-electron chi connectivity index (χ1n) is 10.5. The largest absolute Gasteiger partial charge is 0.464 e. The molecule has 3 aromatic carbocycles. The molecule has 4 rings (SSSR count). The van der Waals surface area contributed by atoms with Crippen molar-refractivity contribution in [2.45, 2.75) is 0 Å². The number of carboxylic acid groups (broad SMARTS) is 1. The van der Waals surface area contributed by atoms with Gasteiger partial charge in [-0.1, -0.05) is 54.1 Å². The maximum Gasteiger partial charge on any atom is 0.425 e. The Morgan fingerprint density at radius 1 is 0.892 bits per heavy atom. The van der Waals surface area contributed by atoms with Crippen LogP contribution in [0, 0.1) is 10.1 Å². The molecule has 0 radical (unpaired) electrons. The lowest BCUT2D eigenvalue weighted by atomic mass is 9.98. The predicted octanol–water partition coefficient (Wildman–Crippen LogP) is 4.08. The molecule has 1 heterocycles. The Morgan fingerprint density at radius 2 is 1.57 bits per heavy atom. The van der Waals surface area contributed by atoms with Crippen LogP contribution < -0.4 is 16.3 Å². The van der Waals surface area contributed by atoms with Gasteiger partial charge in [0.2, 0.25) is 0 Å². The van der Waals surface area contributed by atoms with E-state index >= 15 is 0 Å². The summed E-state index contributed by atoms with van der Waals surface area (Å²) >= 11 is 6.14. The summed E-state index contributed by atoms with van der Waals surface area (Å²) in [6.07, 6.45) is -1.53. The number of nitrogens with one attached hydrogen (secondary N) is 3. The van der Waals surface area contributed by atoms with Crippen molar-refractivity contribution in [1.82, 2.24) is 20.7 Å². The number of amides is 3. The van der Waals surface area contributed by atoms with Crippen LogP contribution in [0.1, 0.15) is 20.8 Å². The zero-order valence-electron chi connectivity index (χ0n) is 18.7. The second-order valence-electron chi connectivity index (χ2n) is 7.49. The van der Waals surface area contributed by atoms with E-state index in [1.54, 1.807) is 36.4 Å². The Balaban J connectivity index is 1.86. The molecule has 0 spiro atoms. The number of carbonyl (C=O) groups excluding carboxylic acids is 2. The van der Waals surface area contributed by atoms with Crippen LogP contribution in [0.15, 0.2) is 78.9 Å². The van der Waals surface area contributed by atoms with Crippen LogP contribution in [-0.2, 0) is 0 Å². The van der Waals surface area contributed by atoms with Gasteiger partial charge >= 0.3 is 6.09 Å². The zero-order valence-corrected chi connectivity index (χ0v) is 19.5. The molecule has 0 saturated carbocycles. The van der Waals surface area contributed by atoms with Crippen LogP contribution in [0.3, 0.4) is 0 Å². The predicted molar refractivity (Wildman–Crippen MR) is 134 cm³/mol. The zero-order chi connectivity index (χ0) is 26.5. The van der Waals surface area contributed by atoms with E-state index in [-0.39, 0.29) is 33.8 Å². The molecule has 0 aliphatic carbocycles. The van der Waals surface area contributed by atoms with Crippen LogP contribution in [0.5, 0.6) is 0 Å². The number of nitro benzene ring substituents is 1. The third-order valence-electron chi connectivity index (χ3n) is 5.07. The Hall–Kier alpha value is -5.23. The molecular formula is C24H17ClN6O6. The molecular weight excluding hydrogens is 504 g/mol. The SMILES string of the molecule is O=C(O)Nn1nc(-c2cccc(Cl)c2)c(-c2cccc([N+](=O)[O-])c2)c1C(=O)NNC(=O)c1ccccc1. The number of halogens is 1. The van der Waals surface area contributed by atoms with Crippen LogP contribution in [-0.4, -0.2) is 37.8 Å². The third-order valence-corrected chi connectivity index (χ3v) is 5.31.